The summed E-state index contributed by atoms with van der Waals surface area (Å²) in [5.41, 5.74) is -0.504. The van der Waals surface area contributed by atoms with Crippen LogP contribution in [0.15, 0.2) is 4.99 Å². The molecule has 0 aromatic heterocycles. The van der Waals surface area contributed by atoms with Gasteiger partial charge in [0.05, 0.1) is 5.75 Å². The number of ether oxygens (including phenoxy) is 1. The molecule has 0 spiro atoms. The molecule has 0 aromatic carbocycles. The standard InChI is InChI=1S/C15H32N4O4S/c1-12(8-11-24(6,21)22)19-13(16-5)17-9-7-10-18-14(20)23-15(2,3)4/h12H,7-11H2,1-6H3,(H,18,20)(H2,16,17,19). The smallest absolute Gasteiger partial charge is 0.407 e. The van der Waals surface area contributed by atoms with E-state index in [2.05, 4.69) is 20.9 Å². The molecule has 9 heteroatoms. The van der Waals surface area contributed by atoms with Crippen LogP contribution in [0.2, 0.25) is 0 Å². The number of guanidine groups is 1. The Balaban J connectivity index is 3.93. The van der Waals surface area contributed by atoms with E-state index in [1.54, 1.807) is 7.05 Å². The number of amides is 1. The Morgan fingerprint density at radius 1 is 1.21 bits per heavy atom. The minimum atomic E-state index is -2.96. The van der Waals surface area contributed by atoms with Gasteiger partial charge in [-0.05, 0) is 40.5 Å². The van der Waals surface area contributed by atoms with Crippen LogP contribution in [0.1, 0.15) is 40.5 Å². The van der Waals surface area contributed by atoms with Crippen LogP contribution >= 0.6 is 0 Å². The number of hydrogen-bond donors (Lipinski definition) is 3. The number of aliphatic imine (C=N–C) groups is 1. The molecule has 0 saturated heterocycles. The fourth-order valence-corrected chi connectivity index (χ4v) is 2.47. The van der Waals surface area contributed by atoms with Crippen LogP contribution in [0.25, 0.3) is 0 Å². The van der Waals surface area contributed by atoms with Gasteiger partial charge >= 0.3 is 6.09 Å². The normalized spacial score (nSPS) is 14.0. The molecule has 24 heavy (non-hydrogen) atoms. The minimum Gasteiger partial charge on any atom is -0.444 e. The molecule has 3 N–H and O–H groups in total. The predicted molar refractivity (Wildman–Crippen MR) is 97.1 cm³/mol. The molecule has 0 rings (SSSR count). The van der Waals surface area contributed by atoms with Crippen molar-refractivity contribution < 1.29 is 17.9 Å². The zero-order chi connectivity index (χ0) is 18.8. The highest BCUT2D eigenvalue weighted by Gasteiger charge is 2.15. The third-order valence-electron chi connectivity index (χ3n) is 2.84. The van der Waals surface area contributed by atoms with Crippen molar-refractivity contribution in [2.45, 2.75) is 52.2 Å². The lowest BCUT2D eigenvalue weighted by Gasteiger charge is -2.20. The summed E-state index contributed by atoms with van der Waals surface area (Å²) in [5, 5.41) is 8.93. The fraction of sp³-hybridized carbons (Fsp3) is 0.867. The number of hydrogen-bond acceptors (Lipinski definition) is 5. The fourth-order valence-electron chi connectivity index (χ4n) is 1.69. The average Bonchev–Trinajstić information content (AvgIpc) is 2.40. The van der Waals surface area contributed by atoms with Gasteiger partial charge in [0.25, 0.3) is 0 Å². The van der Waals surface area contributed by atoms with E-state index in [4.69, 9.17) is 4.74 Å². The van der Waals surface area contributed by atoms with Crippen molar-refractivity contribution in [3.8, 4) is 0 Å². The Morgan fingerprint density at radius 2 is 1.79 bits per heavy atom. The molecular weight excluding hydrogens is 332 g/mol. The summed E-state index contributed by atoms with van der Waals surface area (Å²) in [6.45, 7) is 8.46. The van der Waals surface area contributed by atoms with Gasteiger partial charge in [-0.2, -0.15) is 0 Å². The molecule has 1 unspecified atom stereocenters. The van der Waals surface area contributed by atoms with Gasteiger partial charge in [0.15, 0.2) is 5.96 Å². The molecule has 0 bridgehead atoms. The molecule has 0 aromatic rings. The quantitative estimate of drug-likeness (QED) is 0.335. The number of nitrogens with zero attached hydrogens (tertiary/aromatic N) is 1. The molecule has 0 aliphatic carbocycles. The third-order valence-corrected chi connectivity index (χ3v) is 3.82. The summed E-state index contributed by atoms with van der Waals surface area (Å²) >= 11 is 0. The van der Waals surface area contributed by atoms with Crippen molar-refractivity contribution in [3.63, 3.8) is 0 Å². The van der Waals surface area contributed by atoms with Gasteiger partial charge in [-0.1, -0.05) is 0 Å². The van der Waals surface area contributed by atoms with E-state index in [0.29, 0.717) is 31.9 Å². The van der Waals surface area contributed by atoms with Gasteiger partial charge < -0.3 is 20.7 Å². The maximum absolute atomic E-state index is 11.5. The Hall–Kier alpha value is -1.51. The summed E-state index contributed by atoms with van der Waals surface area (Å²) in [6, 6.07) is -0.00851. The zero-order valence-electron chi connectivity index (χ0n) is 15.6. The maximum Gasteiger partial charge on any atom is 0.407 e. The zero-order valence-corrected chi connectivity index (χ0v) is 16.4. The monoisotopic (exact) mass is 364 g/mol. The van der Waals surface area contributed by atoms with Crippen LogP contribution in [-0.4, -0.2) is 64.3 Å². The van der Waals surface area contributed by atoms with Crippen molar-refractivity contribution in [3.05, 3.63) is 0 Å². The molecule has 0 fully saturated rings. The highest BCUT2D eigenvalue weighted by molar-refractivity contribution is 7.90. The summed E-state index contributed by atoms with van der Waals surface area (Å²) in [5.74, 6) is 0.742. The van der Waals surface area contributed by atoms with Gasteiger partial charge in [0.1, 0.15) is 15.4 Å². The lowest BCUT2D eigenvalue weighted by molar-refractivity contribution is 0.0527. The Morgan fingerprint density at radius 3 is 2.29 bits per heavy atom. The van der Waals surface area contributed by atoms with Gasteiger partial charge in [-0.3, -0.25) is 4.99 Å². The first-order valence-corrected chi connectivity index (χ1v) is 10.1. The predicted octanol–water partition coefficient (Wildman–Crippen LogP) is 0.889. The van der Waals surface area contributed by atoms with E-state index < -0.39 is 21.5 Å². The van der Waals surface area contributed by atoms with Gasteiger partial charge in [-0.15, -0.1) is 0 Å². The topological polar surface area (TPSA) is 109 Å². The Kier molecular flexibility index (Phi) is 9.72. The highest BCUT2D eigenvalue weighted by Crippen LogP contribution is 2.06. The Bertz CT molecular complexity index is 512. The van der Waals surface area contributed by atoms with Crippen LogP contribution in [-0.2, 0) is 14.6 Å². The van der Waals surface area contributed by atoms with Crippen LogP contribution in [0.3, 0.4) is 0 Å². The van der Waals surface area contributed by atoms with Crippen LogP contribution in [0, 0.1) is 0 Å². The molecular formula is C15H32N4O4S. The van der Waals surface area contributed by atoms with Gasteiger partial charge in [0.2, 0.25) is 0 Å². The first-order chi connectivity index (χ1) is 10.9. The molecule has 1 atom stereocenters. The van der Waals surface area contributed by atoms with E-state index in [9.17, 15) is 13.2 Å². The van der Waals surface area contributed by atoms with E-state index in [1.807, 2.05) is 27.7 Å². The number of carbonyl (C=O) groups excluding carboxylic acids is 1. The molecule has 0 saturated carbocycles. The Labute approximate surface area is 145 Å². The van der Waals surface area contributed by atoms with E-state index in [-0.39, 0.29) is 11.8 Å². The van der Waals surface area contributed by atoms with Gasteiger partial charge in [-0.25, -0.2) is 13.2 Å². The highest BCUT2D eigenvalue weighted by atomic mass is 32.2. The number of carbonyl (C=O) groups is 1. The van der Waals surface area contributed by atoms with Crippen molar-refractivity contribution in [1.29, 1.82) is 0 Å². The number of sulfone groups is 1. The SMILES string of the molecule is CN=C(NCCCNC(=O)OC(C)(C)C)NC(C)CCS(C)(=O)=O. The summed E-state index contributed by atoms with van der Waals surface area (Å²) in [4.78, 5) is 15.6. The second-order valence-electron chi connectivity index (χ2n) is 6.75. The first-order valence-electron chi connectivity index (χ1n) is 8.04. The summed E-state index contributed by atoms with van der Waals surface area (Å²) in [6.07, 6.45) is 2.02. The second-order valence-corrected chi connectivity index (χ2v) is 9.00. The maximum atomic E-state index is 11.5. The molecule has 142 valence electrons. The molecule has 0 heterocycles. The van der Waals surface area contributed by atoms with Gasteiger partial charge in [0, 0.05) is 32.4 Å². The number of nitrogens with one attached hydrogen (secondary N) is 3. The molecule has 0 aliphatic heterocycles. The van der Waals surface area contributed by atoms with Crippen LogP contribution < -0.4 is 16.0 Å². The molecule has 8 nitrogen and oxygen atoms in total. The van der Waals surface area contributed by atoms with Crippen molar-refractivity contribution in [2.75, 3.05) is 32.1 Å². The number of rotatable bonds is 8. The number of alkyl carbamates (subject to hydrolysis) is 1. The van der Waals surface area contributed by atoms with E-state index in [1.165, 1.54) is 6.26 Å². The van der Waals surface area contributed by atoms with E-state index >= 15 is 0 Å². The molecule has 0 radical (unpaired) electrons. The summed E-state index contributed by atoms with van der Waals surface area (Å²) < 4.78 is 27.5. The average molecular weight is 365 g/mol. The van der Waals surface area contributed by atoms with Crippen molar-refractivity contribution in [2.24, 2.45) is 4.99 Å². The van der Waals surface area contributed by atoms with Crippen molar-refractivity contribution in [1.82, 2.24) is 16.0 Å². The molecule has 1 amide bonds. The lowest BCUT2D eigenvalue weighted by Crippen LogP contribution is -2.43. The molecule has 0 aliphatic rings. The van der Waals surface area contributed by atoms with Crippen LogP contribution in [0.5, 0.6) is 0 Å². The largest absolute Gasteiger partial charge is 0.444 e. The third kappa shape index (κ3) is 14.1. The minimum absolute atomic E-state index is 0.00851. The van der Waals surface area contributed by atoms with Crippen LogP contribution in [0.4, 0.5) is 4.79 Å². The lowest BCUT2D eigenvalue weighted by atomic mass is 10.2. The summed E-state index contributed by atoms with van der Waals surface area (Å²) in [7, 11) is -1.31. The van der Waals surface area contributed by atoms with E-state index in [0.717, 1.165) is 0 Å². The second kappa shape index (κ2) is 10.4. The first kappa shape index (κ1) is 22.5. The van der Waals surface area contributed by atoms with Crippen molar-refractivity contribution >= 4 is 21.9 Å².